The van der Waals surface area contributed by atoms with Gasteiger partial charge in [0, 0.05) is 17.9 Å². The Morgan fingerprint density at radius 1 is 1.22 bits per heavy atom. The van der Waals surface area contributed by atoms with E-state index in [1.807, 2.05) is 42.5 Å². The largest absolute Gasteiger partial charge is 0.486 e. The second kappa shape index (κ2) is 8.16. The van der Waals surface area contributed by atoms with Crippen molar-refractivity contribution >= 4 is 44.4 Å². The first-order valence-electron chi connectivity index (χ1n) is 8.50. The Hall–Kier alpha value is -2.29. The maximum absolute atomic E-state index is 12.2. The minimum absolute atomic E-state index is 0.142. The molecule has 1 amide bonds. The van der Waals surface area contributed by atoms with Gasteiger partial charge in [-0.25, -0.2) is 4.98 Å². The molecule has 4 rings (SSSR count). The molecular formula is C19H18N2O4S2. The van der Waals surface area contributed by atoms with Crippen LogP contribution in [0.4, 0.5) is 5.13 Å². The van der Waals surface area contributed by atoms with Gasteiger partial charge in [0.25, 0.3) is 0 Å². The van der Waals surface area contributed by atoms with Crippen LogP contribution in [0.3, 0.4) is 0 Å². The molecule has 6 nitrogen and oxygen atoms in total. The second-order valence-corrected chi connectivity index (χ2v) is 8.03. The second-order valence-electron chi connectivity index (χ2n) is 5.97. The third-order valence-corrected chi connectivity index (χ3v) is 5.94. The normalized spacial score (nSPS) is 14.1. The van der Waals surface area contributed by atoms with Crippen molar-refractivity contribution in [3.8, 4) is 11.5 Å². The van der Waals surface area contributed by atoms with Crippen molar-refractivity contribution in [2.45, 2.75) is 6.10 Å². The standard InChI is InChI=1S/C19H18N2O4S2/c22-14(12-4-2-1-3-5-12)10-26-11-18(23)21-19-20-13-8-15-16(9-17(13)27-19)25-7-6-24-15/h1-5,8-9,14,22H,6-7,10-11H2,(H,20,21,23). The van der Waals surface area contributed by atoms with Crippen molar-refractivity contribution < 1.29 is 19.4 Å². The number of aliphatic hydroxyl groups excluding tert-OH is 1. The van der Waals surface area contributed by atoms with Gasteiger partial charge in [0.1, 0.15) is 13.2 Å². The van der Waals surface area contributed by atoms with Gasteiger partial charge in [-0.3, -0.25) is 4.79 Å². The molecule has 1 unspecified atom stereocenters. The molecule has 2 N–H and O–H groups in total. The van der Waals surface area contributed by atoms with Crippen LogP contribution in [0.2, 0.25) is 0 Å². The highest BCUT2D eigenvalue weighted by Gasteiger charge is 2.16. The van der Waals surface area contributed by atoms with Crippen molar-refractivity contribution in [2.75, 3.05) is 30.0 Å². The van der Waals surface area contributed by atoms with Gasteiger partial charge in [-0.15, -0.1) is 11.8 Å². The smallest absolute Gasteiger partial charge is 0.236 e. The molecule has 2 heterocycles. The number of aliphatic hydroxyl groups is 1. The highest BCUT2D eigenvalue weighted by Crippen LogP contribution is 2.37. The zero-order valence-electron chi connectivity index (χ0n) is 14.4. The van der Waals surface area contributed by atoms with E-state index in [0.29, 0.717) is 35.6 Å². The van der Waals surface area contributed by atoms with Gasteiger partial charge in [0.05, 0.1) is 22.1 Å². The van der Waals surface area contributed by atoms with Gasteiger partial charge in [-0.2, -0.15) is 0 Å². The summed E-state index contributed by atoms with van der Waals surface area (Å²) < 4.78 is 12.1. The van der Waals surface area contributed by atoms with E-state index >= 15 is 0 Å². The van der Waals surface area contributed by atoms with Crippen molar-refractivity contribution in [2.24, 2.45) is 0 Å². The van der Waals surface area contributed by atoms with Crippen LogP contribution < -0.4 is 14.8 Å². The summed E-state index contributed by atoms with van der Waals surface area (Å²) in [5, 5.41) is 13.5. The molecule has 0 saturated carbocycles. The predicted molar refractivity (Wildman–Crippen MR) is 108 cm³/mol. The fourth-order valence-electron chi connectivity index (χ4n) is 2.71. The first-order valence-corrected chi connectivity index (χ1v) is 10.5. The summed E-state index contributed by atoms with van der Waals surface area (Å²) in [4.78, 5) is 16.6. The van der Waals surface area contributed by atoms with Gasteiger partial charge in [-0.1, -0.05) is 41.7 Å². The van der Waals surface area contributed by atoms with E-state index in [4.69, 9.17) is 9.47 Å². The number of nitrogens with zero attached hydrogens (tertiary/aromatic N) is 1. The molecule has 8 heteroatoms. The van der Waals surface area contributed by atoms with Crippen molar-refractivity contribution in [1.29, 1.82) is 0 Å². The molecule has 0 radical (unpaired) electrons. The van der Waals surface area contributed by atoms with E-state index in [-0.39, 0.29) is 11.7 Å². The highest BCUT2D eigenvalue weighted by atomic mass is 32.2. The molecule has 140 valence electrons. The van der Waals surface area contributed by atoms with E-state index < -0.39 is 6.10 Å². The average Bonchev–Trinajstić information content (AvgIpc) is 3.07. The molecule has 0 saturated heterocycles. The number of aromatic nitrogens is 1. The molecule has 1 aliphatic heterocycles. The molecule has 0 fully saturated rings. The molecule has 1 atom stereocenters. The number of carbonyl (C=O) groups is 1. The molecule has 0 spiro atoms. The zero-order chi connectivity index (χ0) is 18.6. The number of hydrogen-bond acceptors (Lipinski definition) is 7. The number of fused-ring (bicyclic) bond motifs is 2. The lowest BCUT2D eigenvalue weighted by molar-refractivity contribution is -0.113. The van der Waals surface area contributed by atoms with E-state index in [9.17, 15) is 9.90 Å². The minimum Gasteiger partial charge on any atom is -0.486 e. The van der Waals surface area contributed by atoms with Crippen LogP contribution >= 0.6 is 23.1 Å². The number of nitrogens with one attached hydrogen (secondary N) is 1. The summed E-state index contributed by atoms with van der Waals surface area (Å²) >= 11 is 2.78. The van der Waals surface area contributed by atoms with Gasteiger partial charge < -0.3 is 19.9 Å². The number of amides is 1. The Morgan fingerprint density at radius 3 is 2.74 bits per heavy atom. The molecular weight excluding hydrogens is 384 g/mol. The van der Waals surface area contributed by atoms with Gasteiger partial charge in [0.15, 0.2) is 16.6 Å². The molecule has 2 aromatic carbocycles. The highest BCUT2D eigenvalue weighted by molar-refractivity contribution is 8.00. The minimum atomic E-state index is -0.585. The van der Waals surface area contributed by atoms with Crippen molar-refractivity contribution in [1.82, 2.24) is 4.98 Å². The molecule has 0 aliphatic carbocycles. The predicted octanol–water partition coefficient (Wildman–Crippen LogP) is 3.47. The summed E-state index contributed by atoms with van der Waals surface area (Å²) in [6.07, 6.45) is -0.585. The number of ether oxygens (including phenoxy) is 2. The van der Waals surface area contributed by atoms with Gasteiger partial charge in [-0.05, 0) is 5.56 Å². The lowest BCUT2D eigenvalue weighted by Crippen LogP contribution is -2.15. The van der Waals surface area contributed by atoms with Crippen LogP contribution in [-0.2, 0) is 4.79 Å². The first kappa shape index (κ1) is 18.1. The van der Waals surface area contributed by atoms with E-state index in [2.05, 4.69) is 10.3 Å². The molecule has 27 heavy (non-hydrogen) atoms. The maximum atomic E-state index is 12.2. The number of thioether (sulfide) groups is 1. The topological polar surface area (TPSA) is 80.7 Å². The van der Waals surface area contributed by atoms with Crippen LogP contribution in [0.25, 0.3) is 10.2 Å². The number of hydrogen-bond donors (Lipinski definition) is 2. The number of carbonyl (C=O) groups excluding carboxylic acids is 1. The van der Waals surface area contributed by atoms with Crippen LogP contribution in [0.1, 0.15) is 11.7 Å². The first-order chi connectivity index (χ1) is 13.2. The maximum Gasteiger partial charge on any atom is 0.236 e. The van der Waals surface area contributed by atoms with Crippen molar-refractivity contribution in [3.05, 3.63) is 48.0 Å². The van der Waals surface area contributed by atoms with Gasteiger partial charge >= 0.3 is 0 Å². The molecule has 3 aromatic rings. The molecule has 1 aliphatic rings. The quantitative estimate of drug-likeness (QED) is 0.657. The van der Waals surface area contributed by atoms with Crippen LogP contribution in [-0.4, -0.2) is 40.7 Å². The number of anilines is 1. The Bertz CT molecular complexity index is 903. The zero-order valence-corrected chi connectivity index (χ0v) is 16.0. The summed E-state index contributed by atoms with van der Waals surface area (Å²) in [6, 6.07) is 13.2. The molecule has 1 aromatic heterocycles. The third-order valence-electron chi connectivity index (χ3n) is 3.99. The lowest BCUT2D eigenvalue weighted by Gasteiger charge is -2.17. The third kappa shape index (κ3) is 4.35. The fourth-order valence-corrected chi connectivity index (χ4v) is 4.39. The van der Waals surface area contributed by atoms with Crippen LogP contribution in [0.5, 0.6) is 11.5 Å². The number of benzene rings is 2. The number of rotatable bonds is 6. The van der Waals surface area contributed by atoms with Gasteiger partial charge in [0.2, 0.25) is 5.91 Å². The van der Waals surface area contributed by atoms with Crippen LogP contribution in [0, 0.1) is 0 Å². The summed E-state index contributed by atoms with van der Waals surface area (Å²) in [5.41, 5.74) is 1.62. The van der Waals surface area contributed by atoms with E-state index in [0.717, 1.165) is 15.8 Å². The Balaban J connectivity index is 1.33. The lowest BCUT2D eigenvalue weighted by atomic mass is 10.1. The molecule has 0 bridgehead atoms. The Morgan fingerprint density at radius 2 is 1.96 bits per heavy atom. The SMILES string of the molecule is O=C(CSCC(O)c1ccccc1)Nc1nc2cc3c(cc2s1)OCCO3. The van der Waals surface area contributed by atoms with Crippen LogP contribution in [0.15, 0.2) is 42.5 Å². The van der Waals surface area contributed by atoms with Crippen molar-refractivity contribution in [3.63, 3.8) is 0 Å². The summed E-state index contributed by atoms with van der Waals surface area (Å²) in [5.74, 6) is 1.96. The average molecular weight is 402 g/mol. The summed E-state index contributed by atoms with van der Waals surface area (Å²) in [7, 11) is 0. The Labute approximate surface area is 164 Å². The van der Waals surface area contributed by atoms with E-state index in [1.165, 1.54) is 23.1 Å². The number of thiazole rings is 1. The fraction of sp³-hybridized carbons (Fsp3) is 0.263. The van der Waals surface area contributed by atoms with E-state index in [1.54, 1.807) is 0 Å². The summed E-state index contributed by atoms with van der Waals surface area (Å²) in [6.45, 7) is 1.06. The Kier molecular flexibility index (Phi) is 5.47. The monoisotopic (exact) mass is 402 g/mol.